The predicted octanol–water partition coefficient (Wildman–Crippen LogP) is 1.31. The molecule has 5 nitrogen and oxygen atoms in total. The van der Waals surface area contributed by atoms with Crippen molar-refractivity contribution in [2.24, 2.45) is 0 Å². The Hall–Kier alpha value is -0.360. The van der Waals surface area contributed by atoms with E-state index >= 15 is 0 Å². The lowest BCUT2D eigenvalue weighted by Crippen LogP contribution is -2.33. The van der Waals surface area contributed by atoms with Crippen LogP contribution in [0.3, 0.4) is 0 Å². The van der Waals surface area contributed by atoms with E-state index in [1.165, 1.54) is 0 Å². The highest BCUT2D eigenvalue weighted by atomic mass is 35.6. The van der Waals surface area contributed by atoms with Crippen molar-refractivity contribution in [2.45, 2.75) is 9.90 Å². The van der Waals surface area contributed by atoms with Crippen molar-refractivity contribution in [3.63, 3.8) is 0 Å². The van der Waals surface area contributed by atoms with Gasteiger partial charge in [-0.15, -0.1) is 0 Å². The molecule has 0 heterocycles. The van der Waals surface area contributed by atoms with Crippen molar-refractivity contribution in [1.29, 1.82) is 0 Å². The number of rotatable bonds is 3. The maximum absolute atomic E-state index is 11.1. The monoisotopic (exact) mass is 278 g/mol. The fourth-order valence-corrected chi connectivity index (χ4v) is 1.03. The topological polar surface area (TPSA) is 76.0 Å². The van der Waals surface area contributed by atoms with Gasteiger partial charge >= 0.3 is 5.97 Å². The Kier molecular flexibility index (Phi) is 5.51. The summed E-state index contributed by atoms with van der Waals surface area (Å²) in [5, 5.41) is 18.6. The number of esters is 1. The van der Waals surface area contributed by atoms with Crippen molar-refractivity contribution >= 4 is 40.8 Å². The molecule has 0 aliphatic heterocycles. The Balaban J connectivity index is 5.24. The van der Waals surface area contributed by atoms with Gasteiger partial charge in [-0.2, -0.15) is 0 Å². The van der Waals surface area contributed by atoms with Gasteiger partial charge in [-0.25, -0.2) is 4.79 Å². The first-order valence-corrected chi connectivity index (χ1v) is 4.69. The molecule has 0 radical (unpaired) electrons. The number of carbonyl (C=O) groups excluding carboxylic acids is 1. The molecule has 15 heavy (non-hydrogen) atoms. The van der Waals surface area contributed by atoms with Gasteiger partial charge in [0, 0.05) is 0 Å². The molecule has 1 unspecified atom stereocenters. The van der Waals surface area contributed by atoms with Crippen LogP contribution in [0.5, 0.6) is 0 Å². The van der Waals surface area contributed by atoms with E-state index in [9.17, 15) is 15.0 Å². The van der Waals surface area contributed by atoms with Crippen LogP contribution in [-0.2, 0) is 14.3 Å². The second-order valence-corrected chi connectivity index (χ2v) is 4.73. The van der Waals surface area contributed by atoms with Crippen molar-refractivity contribution < 1.29 is 24.5 Å². The molecule has 0 amide bonds. The van der Waals surface area contributed by atoms with Crippen LogP contribution in [0.15, 0.2) is 11.5 Å². The smallest absolute Gasteiger partial charge is 0.343 e. The zero-order valence-electron chi connectivity index (χ0n) is 7.83. The largest absolute Gasteiger partial charge is 0.481 e. The van der Waals surface area contributed by atoms with Crippen LogP contribution in [0.25, 0.3) is 0 Å². The number of aliphatic hydroxyl groups is 2. The maximum Gasteiger partial charge on any atom is 0.343 e. The average Bonchev–Trinajstić information content (AvgIpc) is 2.15. The molecule has 0 aliphatic carbocycles. The number of hydrogen-bond acceptors (Lipinski definition) is 5. The molecule has 0 aromatic carbocycles. The predicted molar refractivity (Wildman–Crippen MR) is 55.0 cm³/mol. The van der Waals surface area contributed by atoms with Crippen molar-refractivity contribution in [1.82, 2.24) is 0 Å². The first-order chi connectivity index (χ1) is 6.75. The van der Waals surface area contributed by atoms with E-state index < -0.39 is 27.4 Å². The summed E-state index contributed by atoms with van der Waals surface area (Å²) in [6.07, 6.45) is -1.87. The summed E-state index contributed by atoms with van der Waals surface area (Å²) in [5.74, 6) is -1.94. The molecular formula is C7H9Cl3O5. The minimum absolute atomic E-state index is 0.667. The first-order valence-electron chi connectivity index (χ1n) is 3.55. The first kappa shape index (κ1) is 14.6. The quantitative estimate of drug-likeness (QED) is 0.352. The summed E-state index contributed by atoms with van der Waals surface area (Å²) in [5.41, 5.74) is -0.667. The van der Waals surface area contributed by atoms with Gasteiger partial charge < -0.3 is 19.7 Å². The Labute approximate surface area is 101 Å². The number of alkyl halides is 3. The number of aliphatic hydroxyl groups excluding tert-OH is 2. The molecule has 0 spiro atoms. The van der Waals surface area contributed by atoms with E-state index in [-0.39, 0.29) is 0 Å². The number of hydrogen-bond donors (Lipinski definition) is 2. The molecule has 0 aliphatic rings. The van der Waals surface area contributed by atoms with Gasteiger partial charge in [0.05, 0.1) is 14.2 Å². The van der Waals surface area contributed by atoms with E-state index in [0.717, 1.165) is 14.2 Å². The van der Waals surface area contributed by atoms with E-state index in [1.807, 2.05) is 0 Å². The highest BCUT2D eigenvalue weighted by Crippen LogP contribution is 2.34. The molecule has 1 atom stereocenters. The third kappa shape index (κ3) is 3.95. The minimum atomic E-state index is -2.18. The molecule has 88 valence electrons. The van der Waals surface area contributed by atoms with Gasteiger partial charge in [-0.3, -0.25) is 0 Å². The normalized spacial score (nSPS) is 15.3. The summed E-state index contributed by atoms with van der Waals surface area (Å²) in [4.78, 5) is 11.1. The zero-order chi connectivity index (χ0) is 12.2. The lowest BCUT2D eigenvalue weighted by molar-refractivity contribution is -0.138. The van der Waals surface area contributed by atoms with Crippen LogP contribution < -0.4 is 0 Å². The highest BCUT2D eigenvalue weighted by molar-refractivity contribution is 6.68. The van der Waals surface area contributed by atoms with Crippen LogP contribution in [0.1, 0.15) is 0 Å². The summed E-state index contributed by atoms with van der Waals surface area (Å²) in [6, 6.07) is 0. The third-order valence-electron chi connectivity index (χ3n) is 1.41. The van der Waals surface area contributed by atoms with Gasteiger partial charge in [0.15, 0.2) is 0 Å². The van der Waals surface area contributed by atoms with Crippen molar-refractivity contribution in [3.05, 3.63) is 11.5 Å². The van der Waals surface area contributed by atoms with E-state index in [2.05, 4.69) is 9.47 Å². The van der Waals surface area contributed by atoms with E-state index in [1.54, 1.807) is 0 Å². The molecule has 8 heteroatoms. The summed E-state index contributed by atoms with van der Waals surface area (Å²) in [6.45, 7) is 0. The minimum Gasteiger partial charge on any atom is -0.481 e. The molecule has 0 rings (SSSR count). The van der Waals surface area contributed by atoms with Crippen LogP contribution >= 0.6 is 34.8 Å². The number of carbonyl (C=O) groups is 1. The van der Waals surface area contributed by atoms with E-state index in [0.29, 0.717) is 0 Å². The maximum atomic E-state index is 11.1. The van der Waals surface area contributed by atoms with Gasteiger partial charge in [-0.1, -0.05) is 34.8 Å². The Morgan fingerprint density at radius 3 is 2.00 bits per heavy atom. The molecule has 0 aromatic heterocycles. The molecular weight excluding hydrogens is 270 g/mol. The Morgan fingerprint density at radius 1 is 1.27 bits per heavy atom. The molecule has 0 saturated heterocycles. The zero-order valence-corrected chi connectivity index (χ0v) is 10.1. The van der Waals surface area contributed by atoms with E-state index in [4.69, 9.17) is 34.8 Å². The fourth-order valence-electron chi connectivity index (χ4n) is 0.699. The standard InChI is InChI=1S/C7H9Cl3O5/c1-14-5(12)3(6(13)15-2)4(11)7(8,9)10/h4,11-12H,1-2H3/b5-3-. The highest BCUT2D eigenvalue weighted by Gasteiger charge is 2.40. The molecule has 0 fully saturated rings. The molecule has 0 bridgehead atoms. The summed E-state index contributed by atoms with van der Waals surface area (Å²) < 4.78 is 6.44. The summed E-state index contributed by atoms with van der Waals surface area (Å²) >= 11 is 16.1. The van der Waals surface area contributed by atoms with Gasteiger partial charge in [0.25, 0.3) is 5.95 Å². The number of halogens is 3. The second kappa shape index (κ2) is 5.65. The lowest BCUT2D eigenvalue weighted by atomic mass is 10.2. The van der Waals surface area contributed by atoms with Crippen LogP contribution in [0.4, 0.5) is 0 Å². The molecule has 0 aromatic rings. The lowest BCUT2D eigenvalue weighted by Gasteiger charge is -2.20. The van der Waals surface area contributed by atoms with Crippen LogP contribution in [-0.4, -0.2) is 40.3 Å². The van der Waals surface area contributed by atoms with Gasteiger partial charge in [-0.05, 0) is 0 Å². The SMILES string of the molecule is COC(=O)/C(=C(/O)OC)C(O)C(Cl)(Cl)Cl. The Bertz CT molecular complexity index is 270. The molecule has 0 saturated carbocycles. The average molecular weight is 280 g/mol. The van der Waals surface area contributed by atoms with Gasteiger partial charge in [0.2, 0.25) is 3.79 Å². The number of methoxy groups -OCH3 is 2. The summed E-state index contributed by atoms with van der Waals surface area (Å²) in [7, 11) is 2.11. The third-order valence-corrected chi connectivity index (χ3v) is 2.03. The van der Waals surface area contributed by atoms with Crippen molar-refractivity contribution in [2.75, 3.05) is 14.2 Å². The van der Waals surface area contributed by atoms with Crippen LogP contribution in [0, 0.1) is 0 Å². The van der Waals surface area contributed by atoms with Gasteiger partial charge in [0.1, 0.15) is 11.7 Å². The fraction of sp³-hybridized carbons (Fsp3) is 0.571. The second-order valence-electron chi connectivity index (χ2n) is 2.36. The van der Waals surface area contributed by atoms with Crippen LogP contribution in [0.2, 0.25) is 0 Å². The Morgan fingerprint density at radius 2 is 1.73 bits per heavy atom. The molecule has 2 N–H and O–H groups in total. The number of ether oxygens (including phenoxy) is 2. The van der Waals surface area contributed by atoms with Crippen molar-refractivity contribution in [3.8, 4) is 0 Å².